The first kappa shape index (κ1) is 13.5. The molecule has 2 aromatic heterocycles. The molecule has 5 nitrogen and oxygen atoms in total. The lowest BCUT2D eigenvalue weighted by atomic mass is 10.2. The number of aromatic nitrogens is 2. The highest BCUT2D eigenvalue weighted by Crippen LogP contribution is 2.17. The third-order valence-electron chi connectivity index (χ3n) is 2.55. The number of hydrogen-bond acceptors (Lipinski definition) is 5. The molecular weight excluding hydrogens is 260 g/mol. The quantitative estimate of drug-likeness (QED) is 0.849. The summed E-state index contributed by atoms with van der Waals surface area (Å²) < 4.78 is 0. The second-order valence-corrected chi connectivity index (χ2v) is 5.03. The summed E-state index contributed by atoms with van der Waals surface area (Å²) in [4.78, 5) is 21.0. The Bertz CT molecular complexity index is 501. The van der Waals surface area contributed by atoms with E-state index in [9.17, 15) is 4.79 Å². The largest absolute Gasteiger partial charge is 0.354 e. The van der Waals surface area contributed by atoms with E-state index >= 15 is 0 Å². The van der Waals surface area contributed by atoms with E-state index in [4.69, 9.17) is 0 Å². The van der Waals surface area contributed by atoms with Crippen LogP contribution >= 0.6 is 11.3 Å². The maximum atomic E-state index is 11.8. The zero-order valence-electron chi connectivity index (χ0n) is 10.7. The Morgan fingerprint density at radius 3 is 2.84 bits per heavy atom. The lowest BCUT2D eigenvalue weighted by molar-refractivity contribution is -0.121. The summed E-state index contributed by atoms with van der Waals surface area (Å²) in [5, 5.41) is 7.97. The van der Waals surface area contributed by atoms with Crippen LogP contribution in [0.5, 0.6) is 0 Å². The van der Waals surface area contributed by atoms with Crippen molar-refractivity contribution < 1.29 is 4.79 Å². The lowest BCUT2D eigenvalue weighted by Gasteiger charge is -2.12. The van der Waals surface area contributed by atoms with Crippen LogP contribution in [0.15, 0.2) is 36.0 Å². The summed E-state index contributed by atoms with van der Waals surface area (Å²) in [5.74, 6) is 0.561. The van der Waals surface area contributed by atoms with Crippen molar-refractivity contribution in [2.75, 3.05) is 11.9 Å². The molecule has 0 bridgehead atoms. The van der Waals surface area contributed by atoms with Gasteiger partial charge in [0.15, 0.2) is 0 Å². The minimum atomic E-state index is 0.0179. The van der Waals surface area contributed by atoms with Gasteiger partial charge in [-0.1, -0.05) is 6.07 Å². The Labute approximate surface area is 116 Å². The molecule has 6 heteroatoms. The van der Waals surface area contributed by atoms with Gasteiger partial charge in [-0.2, -0.15) is 0 Å². The smallest absolute Gasteiger partial charge is 0.222 e. The molecule has 0 aromatic carbocycles. The standard InChI is InChI=1S/C13H16N4OS/c1-10(11-4-2-9-19-11)17-12(18)5-8-16-13-14-6-3-7-15-13/h2-4,6-7,9-10H,5,8H2,1H3,(H,17,18)(H,14,15,16)/t10-/m1/s1. The summed E-state index contributed by atoms with van der Waals surface area (Å²) in [5.41, 5.74) is 0. The third-order valence-corrected chi connectivity index (χ3v) is 3.60. The second kappa shape index (κ2) is 6.84. The molecule has 2 aromatic rings. The molecule has 1 atom stereocenters. The maximum Gasteiger partial charge on any atom is 0.222 e. The van der Waals surface area contributed by atoms with Crippen LogP contribution in [0.4, 0.5) is 5.95 Å². The normalized spacial score (nSPS) is 11.8. The van der Waals surface area contributed by atoms with Gasteiger partial charge in [-0.05, 0) is 24.4 Å². The minimum Gasteiger partial charge on any atom is -0.354 e. The number of carbonyl (C=O) groups is 1. The van der Waals surface area contributed by atoms with Crippen molar-refractivity contribution >= 4 is 23.2 Å². The zero-order valence-corrected chi connectivity index (χ0v) is 11.5. The van der Waals surface area contributed by atoms with E-state index in [0.717, 1.165) is 4.88 Å². The number of anilines is 1. The average Bonchev–Trinajstić information content (AvgIpc) is 2.94. The van der Waals surface area contributed by atoms with Crippen LogP contribution in [0.1, 0.15) is 24.3 Å². The van der Waals surface area contributed by atoms with Crippen molar-refractivity contribution in [3.05, 3.63) is 40.8 Å². The molecule has 0 unspecified atom stereocenters. The Morgan fingerprint density at radius 1 is 1.37 bits per heavy atom. The molecule has 0 spiro atoms. The van der Waals surface area contributed by atoms with Gasteiger partial charge in [-0.15, -0.1) is 11.3 Å². The van der Waals surface area contributed by atoms with Gasteiger partial charge in [0, 0.05) is 30.2 Å². The van der Waals surface area contributed by atoms with Gasteiger partial charge in [0.2, 0.25) is 11.9 Å². The van der Waals surface area contributed by atoms with E-state index in [1.165, 1.54) is 0 Å². The van der Waals surface area contributed by atoms with Crippen molar-refractivity contribution in [1.82, 2.24) is 15.3 Å². The minimum absolute atomic E-state index is 0.0179. The Hall–Kier alpha value is -1.95. The van der Waals surface area contributed by atoms with Crippen molar-refractivity contribution in [3.63, 3.8) is 0 Å². The van der Waals surface area contributed by atoms with Gasteiger partial charge in [0.1, 0.15) is 0 Å². The predicted molar refractivity (Wildman–Crippen MR) is 76.0 cm³/mol. The summed E-state index contributed by atoms with van der Waals surface area (Å²) in [6.45, 7) is 2.50. The maximum absolute atomic E-state index is 11.8. The fourth-order valence-electron chi connectivity index (χ4n) is 1.60. The molecule has 0 aliphatic carbocycles. The lowest BCUT2D eigenvalue weighted by Crippen LogP contribution is -2.27. The predicted octanol–water partition coefficient (Wildman–Crippen LogP) is 2.22. The number of hydrogen-bond donors (Lipinski definition) is 2. The average molecular weight is 276 g/mol. The molecule has 0 saturated heterocycles. The van der Waals surface area contributed by atoms with E-state index in [1.54, 1.807) is 29.8 Å². The van der Waals surface area contributed by atoms with Crippen LogP contribution in [0.2, 0.25) is 0 Å². The molecule has 19 heavy (non-hydrogen) atoms. The molecule has 100 valence electrons. The second-order valence-electron chi connectivity index (χ2n) is 4.05. The number of amides is 1. The highest BCUT2D eigenvalue weighted by atomic mass is 32.1. The fourth-order valence-corrected chi connectivity index (χ4v) is 2.34. The van der Waals surface area contributed by atoms with E-state index in [2.05, 4.69) is 20.6 Å². The van der Waals surface area contributed by atoms with Gasteiger partial charge in [0.25, 0.3) is 0 Å². The molecule has 0 aliphatic heterocycles. The fraction of sp³-hybridized carbons (Fsp3) is 0.308. The molecule has 0 radical (unpaired) electrons. The van der Waals surface area contributed by atoms with E-state index in [0.29, 0.717) is 18.9 Å². The zero-order chi connectivity index (χ0) is 13.5. The highest BCUT2D eigenvalue weighted by Gasteiger charge is 2.09. The van der Waals surface area contributed by atoms with Crippen LogP contribution < -0.4 is 10.6 Å². The first-order valence-corrected chi connectivity index (χ1v) is 6.97. The van der Waals surface area contributed by atoms with Gasteiger partial charge in [-0.3, -0.25) is 4.79 Å². The Morgan fingerprint density at radius 2 is 2.16 bits per heavy atom. The van der Waals surface area contributed by atoms with Gasteiger partial charge in [0.05, 0.1) is 6.04 Å². The summed E-state index contributed by atoms with van der Waals surface area (Å²) >= 11 is 1.64. The van der Waals surface area contributed by atoms with Crippen LogP contribution in [-0.4, -0.2) is 22.4 Å². The number of carbonyl (C=O) groups excluding carboxylic acids is 1. The van der Waals surface area contributed by atoms with Gasteiger partial charge in [-0.25, -0.2) is 9.97 Å². The highest BCUT2D eigenvalue weighted by molar-refractivity contribution is 7.10. The first-order chi connectivity index (χ1) is 9.25. The van der Waals surface area contributed by atoms with Crippen molar-refractivity contribution in [3.8, 4) is 0 Å². The van der Waals surface area contributed by atoms with Crippen molar-refractivity contribution in [2.45, 2.75) is 19.4 Å². The van der Waals surface area contributed by atoms with Crippen molar-refractivity contribution in [1.29, 1.82) is 0 Å². The first-order valence-electron chi connectivity index (χ1n) is 6.09. The van der Waals surface area contributed by atoms with Crippen molar-refractivity contribution in [2.24, 2.45) is 0 Å². The molecule has 2 N–H and O–H groups in total. The number of thiophene rings is 1. The number of rotatable bonds is 6. The molecule has 0 saturated carbocycles. The topological polar surface area (TPSA) is 66.9 Å². The molecule has 2 rings (SSSR count). The number of nitrogens with zero attached hydrogens (tertiary/aromatic N) is 2. The van der Waals surface area contributed by atoms with Crippen LogP contribution in [0, 0.1) is 0 Å². The molecule has 2 heterocycles. The molecular formula is C13H16N4OS. The van der Waals surface area contributed by atoms with E-state index in [1.807, 2.05) is 24.4 Å². The monoisotopic (exact) mass is 276 g/mol. The Kier molecular flexibility index (Phi) is 4.85. The summed E-state index contributed by atoms with van der Waals surface area (Å²) in [6, 6.07) is 5.81. The number of nitrogens with one attached hydrogen (secondary N) is 2. The summed E-state index contributed by atoms with van der Waals surface area (Å²) in [6.07, 6.45) is 3.72. The Balaban J connectivity index is 1.70. The van der Waals surface area contributed by atoms with E-state index < -0.39 is 0 Å². The van der Waals surface area contributed by atoms with Gasteiger partial charge >= 0.3 is 0 Å². The van der Waals surface area contributed by atoms with Crippen LogP contribution in [-0.2, 0) is 4.79 Å². The summed E-state index contributed by atoms with van der Waals surface area (Å²) in [7, 11) is 0. The van der Waals surface area contributed by atoms with Crippen LogP contribution in [0.3, 0.4) is 0 Å². The molecule has 0 aliphatic rings. The van der Waals surface area contributed by atoms with Crippen LogP contribution in [0.25, 0.3) is 0 Å². The SMILES string of the molecule is C[C@@H](NC(=O)CCNc1ncccn1)c1cccs1. The third kappa shape index (κ3) is 4.33. The van der Waals surface area contributed by atoms with E-state index in [-0.39, 0.29) is 11.9 Å². The molecule has 1 amide bonds. The van der Waals surface area contributed by atoms with Gasteiger partial charge < -0.3 is 10.6 Å². The molecule has 0 fully saturated rings.